The lowest BCUT2D eigenvalue weighted by Crippen LogP contribution is -2.30. The summed E-state index contributed by atoms with van der Waals surface area (Å²) in [6.45, 7) is 2.55. The molecule has 3 aromatic heterocycles. The number of aliphatic hydroxyl groups excluding tert-OH is 1. The number of H-pyrrole nitrogens is 1. The number of nitrogens with two attached hydrogens (primary N) is 1. The van der Waals surface area contributed by atoms with Gasteiger partial charge in [-0.1, -0.05) is 0 Å². The van der Waals surface area contributed by atoms with Crippen molar-refractivity contribution in [3.05, 3.63) is 64.1 Å². The average Bonchev–Trinajstić information content (AvgIpc) is 3.15. The summed E-state index contributed by atoms with van der Waals surface area (Å²) in [6.07, 6.45) is 1.73. The Morgan fingerprint density at radius 3 is 2.74 bits per heavy atom. The Balaban J connectivity index is 1.79. The number of aliphatic hydroxyl groups is 1. The SMILES string of the molecule is Cc1cc(-c2c(-c3ccc(F)cc3)[nH+]c(N)n3c(=O)n(CC4CCCN=N4)nc23)cc(CO)n1. The molecule has 0 spiro atoms. The summed E-state index contributed by atoms with van der Waals surface area (Å²) in [5.74, 6) is -0.281. The van der Waals surface area contributed by atoms with Crippen LogP contribution in [0.1, 0.15) is 24.2 Å². The molecule has 0 amide bonds. The minimum atomic E-state index is -0.399. The number of hydrogen-bond donors (Lipinski definition) is 2. The van der Waals surface area contributed by atoms with Gasteiger partial charge < -0.3 is 5.11 Å². The number of aryl methyl sites for hydroxylation is 1. The zero-order chi connectivity index (χ0) is 23.8. The predicted molar refractivity (Wildman–Crippen MR) is 122 cm³/mol. The van der Waals surface area contributed by atoms with Gasteiger partial charge in [0.25, 0.3) is 0 Å². The van der Waals surface area contributed by atoms with E-state index in [4.69, 9.17) is 5.73 Å². The van der Waals surface area contributed by atoms with Crippen molar-refractivity contribution in [3.8, 4) is 22.4 Å². The van der Waals surface area contributed by atoms with Crippen LogP contribution in [0.25, 0.3) is 28.0 Å². The van der Waals surface area contributed by atoms with Crippen molar-refractivity contribution in [1.29, 1.82) is 0 Å². The fraction of sp³-hybridized carbons (Fsp3) is 0.304. The number of nitrogens with one attached hydrogen (secondary N) is 1. The summed E-state index contributed by atoms with van der Waals surface area (Å²) >= 11 is 0. The molecule has 4 N–H and O–H groups in total. The molecule has 4 aromatic rings. The van der Waals surface area contributed by atoms with E-state index in [1.54, 1.807) is 18.2 Å². The quantitative estimate of drug-likeness (QED) is 0.467. The Hall–Kier alpha value is -3.99. The number of nitrogen functional groups attached to an aromatic ring is 1. The first-order valence-electron chi connectivity index (χ1n) is 11.0. The number of aromatic amines is 1. The fourth-order valence-electron chi connectivity index (χ4n) is 4.29. The average molecular weight is 463 g/mol. The van der Waals surface area contributed by atoms with Gasteiger partial charge in [0.1, 0.15) is 11.5 Å². The van der Waals surface area contributed by atoms with Gasteiger partial charge in [-0.2, -0.15) is 14.9 Å². The van der Waals surface area contributed by atoms with Gasteiger partial charge in [0.2, 0.25) is 5.65 Å². The molecule has 1 aliphatic rings. The van der Waals surface area contributed by atoms with Crippen LogP contribution in [-0.4, -0.2) is 36.9 Å². The van der Waals surface area contributed by atoms with E-state index < -0.39 is 5.69 Å². The van der Waals surface area contributed by atoms with Gasteiger partial charge in [-0.05, 0) is 61.7 Å². The molecule has 0 radical (unpaired) electrons. The molecule has 174 valence electrons. The third kappa shape index (κ3) is 3.94. The number of benzene rings is 1. The Labute approximate surface area is 193 Å². The van der Waals surface area contributed by atoms with E-state index in [1.165, 1.54) is 21.2 Å². The molecule has 0 saturated carbocycles. The Morgan fingerprint density at radius 1 is 1.24 bits per heavy atom. The highest BCUT2D eigenvalue weighted by Gasteiger charge is 2.27. The van der Waals surface area contributed by atoms with E-state index in [-0.39, 0.29) is 31.0 Å². The van der Waals surface area contributed by atoms with Gasteiger partial charge in [-0.3, -0.25) is 10.7 Å². The number of azo groups is 1. The summed E-state index contributed by atoms with van der Waals surface area (Å²) in [6, 6.07) is 9.39. The summed E-state index contributed by atoms with van der Waals surface area (Å²) in [7, 11) is 0. The largest absolute Gasteiger partial charge is 0.411 e. The number of rotatable bonds is 5. The van der Waals surface area contributed by atoms with E-state index in [1.807, 2.05) is 13.0 Å². The molecule has 34 heavy (non-hydrogen) atoms. The molecule has 0 fully saturated rings. The minimum Gasteiger partial charge on any atom is -0.390 e. The lowest BCUT2D eigenvalue weighted by Gasteiger charge is -2.12. The number of pyridine rings is 1. The van der Waals surface area contributed by atoms with Crippen molar-refractivity contribution in [3.63, 3.8) is 0 Å². The molecule has 10 nitrogen and oxygen atoms in total. The lowest BCUT2D eigenvalue weighted by atomic mass is 9.99. The first kappa shape index (κ1) is 21.8. The van der Waals surface area contributed by atoms with Gasteiger partial charge in [0, 0.05) is 11.3 Å². The van der Waals surface area contributed by atoms with E-state index >= 15 is 0 Å². The molecular formula is C23H24FN8O2+. The van der Waals surface area contributed by atoms with Crippen LogP contribution in [0.4, 0.5) is 10.3 Å². The molecule has 1 unspecified atom stereocenters. The molecule has 0 saturated heterocycles. The number of nitrogens with zero attached hydrogens (tertiary/aromatic N) is 6. The van der Waals surface area contributed by atoms with Crippen LogP contribution in [-0.2, 0) is 13.2 Å². The molecule has 5 rings (SSSR count). The smallest absolute Gasteiger partial charge is 0.390 e. The second kappa shape index (κ2) is 8.75. The molecular weight excluding hydrogens is 439 g/mol. The molecule has 1 aliphatic heterocycles. The highest BCUT2D eigenvalue weighted by molar-refractivity contribution is 5.88. The zero-order valence-corrected chi connectivity index (χ0v) is 18.6. The number of fused-ring (bicyclic) bond motifs is 1. The topological polar surface area (TPSA) is 137 Å². The van der Waals surface area contributed by atoms with E-state index in [2.05, 4.69) is 25.3 Å². The second-order valence-corrected chi connectivity index (χ2v) is 8.31. The van der Waals surface area contributed by atoms with Gasteiger partial charge in [-0.15, -0.1) is 9.50 Å². The van der Waals surface area contributed by atoms with Gasteiger partial charge in [0.05, 0.1) is 37.0 Å². The highest BCUT2D eigenvalue weighted by atomic mass is 19.1. The Kier molecular flexibility index (Phi) is 5.62. The molecule has 0 aliphatic carbocycles. The third-order valence-corrected chi connectivity index (χ3v) is 5.82. The first-order valence-corrected chi connectivity index (χ1v) is 11.0. The van der Waals surface area contributed by atoms with Crippen molar-refractivity contribution in [2.75, 3.05) is 12.3 Å². The van der Waals surface area contributed by atoms with Crippen molar-refractivity contribution >= 4 is 11.6 Å². The van der Waals surface area contributed by atoms with Crippen LogP contribution in [0.15, 0.2) is 51.4 Å². The van der Waals surface area contributed by atoms with Crippen LogP contribution < -0.4 is 16.4 Å². The Morgan fingerprint density at radius 2 is 2.03 bits per heavy atom. The van der Waals surface area contributed by atoms with Gasteiger partial charge in [-0.25, -0.2) is 14.2 Å². The van der Waals surface area contributed by atoms with E-state index in [0.29, 0.717) is 46.0 Å². The van der Waals surface area contributed by atoms with Crippen molar-refractivity contribution in [2.45, 2.75) is 39.0 Å². The Bertz CT molecular complexity index is 1460. The monoisotopic (exact) mass is 463 g/mol. The third-order valence-electron chi connectivity index (χ3n) is 5.82. The summed E-state index contributed by atoms with van der Waals surface area (Å²) in [5, 5.41) is 22.7. The van der Waals surface area contributed by atoms with Crippen LogP contribution >= 0.6 is 0 Å². The van der Waals surface area contributed by atoms with Gasteiger partial charge >= 0.3 is 11.6 Å². The first-order chi connectivity index (χ1) is 16.4. The van der Waals surface area contributed by atoms with Crippen molar-refractivity contribution < 1.29 is 14.5 Å². The van der Waals surface area contributed by atoms with Gasteiger partial charge in [0.15, 0.2) is 0 Å². The highest BCUT2D eigenvalue weighted by Crippen LogP contribution is 2.33. The second-order valence-electron chi connectivity index (χ2n) is 8.31. The number of anilines is 1. The molecule has 4 heterocycles. The van der Waals surface area contributed by atoms with Crippen LogP contribution in [0.2, 0.25) is 0 Å². The molecule has 0 bridgehead atoms. The van der Waals surface area contributed by atoms with Crippen LogP contribution in [0.5, 0.6) is 0 Å². The predicted octanol–water partition coefficient (Wildman–Crippen LogP) is 2.18. The fourth-order valence-corrected chi connectivity index (χ4v) is 4.29. The normalized spacial score (nSPS) is 15.8. The van der Waals surface area contributed by atoms with Crippen LogP contribution in [0.3, 0.4) is 0 Å². The number of halogens is 1. The zero-order valence-electron chi connectivity index (χ0n) is 18.6. The minimum absolute atomic E-state index is 0.0905. The van der Waals surface area contributed by atoms with Crippen molar-refractivity contribution in [1.82, 2.24) is 19.2 Å². The number of aromatic nitrogens is 5. The standard InChI is InChI=1S/C23H23FN8O2/c1-13-9-15(10-18(12-33)27-13)19-20(14-4-6-16(24)7-5-14)28-22(25)32-21(19)30-31(23(32)34)11-17-3-2-8-26-29-17/h4-7,9-10,17,33H,2-3,8,11-12H2,1H3,(H2,25,28)/p+1. The van der Waals surface area contributed by atoms with Crippen LogP contribution in [0, 0.1) is 12.7 Å². The maximum Gasteiger partial charge on any atom is 0.411 e. The maximum atomic E-state index is 13.6. The molecule has 1 aromatic carbocycles. The molecule has 1 atom stereocenters. The summed E-state index contributed by atoms with van der Waals surface area (Å²) < 4.78 is 16.3. The molecule has 11 heteroatoms. The van der Waals surface area contributed by atoms with E-state index in [0.717, 1.165) is 12.8 Å². The van der Waals surface area contributed by atoms with E-state index in [9.17, 15) is 14.3 Å². The lowest BCUT2D eigenvalue weighted by molar-refractivity contribution is -0.351. The van der Waals surface area contributed by atoms with Crippen molar-refractivity contribution in [2.24, 2.45) is 10.2 Å². The number of hydrogen-bond acceptors (Lipinski definition) is 7. The summed E-state index contributed by atoms with van der Waals surface area (Å²) in [5.41, 5.74) is 9.88. The maximum absolute atomic E-state index is 13.6. The summed E-state index contributed by atoms with van der Waals surface area (Å²) in [4.78, 5) is 20.7.